The molecule has 0 N–H and O–H groups in total. The van der Waals surface area contributed by atoms with Crippen LogP contribution in [0.4, 0.5) is 4.79 Å². The molecule has 208 valence electrons. The molecular formula is C30H58ClNO3. The smallest absolute Gasteiger partial charge is 0.410 e. The second-order valence-corrected chi connectivity index (χ2v) is 10.9. The van der Waals surface area contributed by atoms with E-state index in [4.69, 9.17) is 21.1 Å². The topological polar surface area (TPSA) is 38.8 Å². The molecule has 0 spiro atoms. The van der Waals surface area contributed by atoms with Gasteiger partial charge in [0.1, 0.15) is 0 Å². The van der Waals surface area contributed by atoms with Crippen LogP contribution in [0.3, 0.4) is 0 Å². The van der Waals surface area contributed by atoms with Crippen molar-refractivity contribution in [2.75, 3.05) is 32.2 Å². The molecule has 0 aromatic heterocycles. The number of rotatable bonds is 24. The van der Waals surface area contributed by atoms with E-state index in [-0.39, 0.29) is 12.1 Å². The van der Waals surface area contributed by atoms with E-state index in [9.17, 15) is 4.79 Å². The van der Waals surface area contributed by atoms with Crippen molar-refractivity contribution in [2.24, 2.45) is 0 Å². The van der Waals surface area contributed by atoms with Crippen molar-refractivity contribution in [3.8, 4) is 0 Å². The first kappa shape index (κ1) is 32.5. The van der Waals surface area contributed by atoms with Crippen molar-refractivity contribution in [2.45, 2.75) is 154 Å². The van der Waals surface area contributed by atoms with Crippen LogP contribution in [0.5, 0.6) is 0 Å². The minimum absolute atomic E-state index is 0.113. The first-order valence-corrected chi connectivity index (χ1v) is 15.9. The van der Waals surface area contributed by atoms with Crippen LogP contribution >= 0.6 is 11.6 Å². The second-order valence-electron chi connectivity index (χ2n) is 10.6. The van der Waals surface area contributed by atoms with Gasteiger partial charge in [-0.15, -0.1) is 11.6 Å². The summed E-state index contributed by atoms with van der Waals surface area (Å²) in [5, 5.41) is 0. The molecule has 1 heterocycles. The van der Waals surface area contributed by atoms with Crippen LogP contribution in [0.1, 0.15) is 148 Å². The van der Waals surface area contributed by atoms with Crippen molar-refractivity contribution in [3.05, 3.63) is 0 Å². The van der Waals surface area contributed by atoms with Gasteiger partial charge in [0.05, 0.1) is 6.61 Å². The summed E-state index contributed by atoms with van der Waals surface area (Å²) in [6, 6.07) is 0.273. The van der Waals surface area contributed by atoms with Gasteiger partial charge < -0.3 is 14.4 Å². The third-order valence-corrected chi connectivity index (χ3v) is 7.62. The van der Waals surface area contributed by atoms with Crippen LogP contribution < -0.4 is 0 Å². The number of ether oxygens (including phenoxy) is 2. The van der Waals surface area contributed by atoms with Gasteiger partial charge in [0.2, 0.25) is 0 Å². The molecule has 0 radical (unpaired) electrons. The number of nitrogens with zero attached hydrogens (tertiary/aromatic N) is 1. The Labute approximate surface area is 223 Å². The zero-order valence-corrected chi connectivity index (χ0v) is 24.0. The fraction of sp³-hybridized carbons (Fsp3) is 0.967. The molecule has 1 aliphatic heterocycles. The van der Waals surface area contributed by atoms with Gasteiger partial charge in [0, 0.05) is 31.7 Å². The first-order valence-electron chi connectivity index (χ1n) is 15.4. The molecule has 1 rings (SSSR count). The van der Waals surface area contributed by atoms with E-state index < -0.39 is 0 Å². The Morgan fingerprint density at radius 1 is 0.714 bits per heavy atom. The number of piperidine rings is 1. The van der Waals surface area contributed by atoms with E-state index in [0.717, 1.165) is 58.3 Å². The monoisotopic (exact) mass is 515 g/mol. The summed E-state index contributed by atoms with van der Waals surface area (Å²) < 4.78 is 11.3. The van der Waals surface area contributed by atoms with Crippen LogP contribution in [0.2, 0.25) is 0 Å². The van der Waals surface area contributed by atoms with Gasteiger partial charge in [-0.25, -0.2) is 4.79 Å². The van der Waals surface area contributed by atoms with Gasteiger partial charge in [0.25, 0.3) is 0 Å². The van der Waals surface area contributed by atoms with Crippen molar-refractivity contribution in [1.82, 2.24) is 4.90 Å². The number of unbranched alkanes of at least 4 members (excludes halogenated alkanes) is 16. The third kappa shape index (κ3) is 19.3. The minimum atomic E-state index is -0.113. The Hall–Kier alpha value is -0.480. The van der Waals surface area contributed by atoms with E-state index in [1.807, 2.05) is 4.90 Å². The summed E-state index contributed by atoms with van der Waals surface area (Å²) >= 11 is 5.70. The molecule has 1 aliphatic rings. The van der Waals surface area contributed by atoms with E-state index in [0.29, 0.717) is 12.5 Å². The Bertz CT molecular complexity index is 463. The summed E-state index contributed by atoms with van der Waals surface area (Å²) in [6.45, 7) is 5.16. The zero-order valence-electron chi connectivity index (χ0n) is 23.2. The van der Waals surface area contributed by atoms with Crippen LogP contribution in [0, 0.1) is 0 Å². The lowest BCUT2D eigenvalue weighted by atomic mass is 10.0. The highest BCUT2D eigenvalue weighted by Crippen LogP contribution is 2.21. The summed E-state index contributed by atoms with van der Waals surface area (Å²) in [5.41, 5.74) is 0. The average Bonchev–Trinajstić information content (AvgIpc) is 2.88. The van der Waals surface area contributed by atoms with Crippen LogP contribution in [-0.2, 0) is 9.47 Å². The molecule has 1 saturated heterocycles. The molecular weight excluding hydrogens is 458 g/mol. The molecule has 1 unspecified atom stereocenters. The summed E-state index contributed by atoms with van der Waals surface area (Å²) in [5.74, 6) is 0.699. The average molecular weight is 516 g/mol. The molecule has 1 amide bonds. The zero-order chi connectivity index (χ0) is 25.2. The second kappa shape index (κ2) is 25.2. The molecule has 0 aromatic carbocycles. The van der Waals surface area contributed by atoms with Crippen LogP contribution in [-0.4, -0.2) is 49.3 Å². The predicted octanol–water partition coefficient (Wildman–Crippen LogP) is 9.66. The van der Waals surface area contributed by atoms with Crippen molar-refractivity contribution in [1.29, 1.82) is 0 Å². The Balaban J connectivity index is 1.91. The van der Waals surface area contributed by atoms with Crippen LogP contribution in [0.25, 0.3) is 0 Å². The number of hydrogen-bond acceptors (Lipinski definition) is 3. The maximum atomic E-state index is 12.6. The Morgan fingerprint density at radius 2 is 1.26 bits per heavy atom. The lowest BCUT2D eigenvalue weighted by Gasteiger charge is -2.35. The van der Waals surface area contributed by atoms with E-state index in [1.54, 1.807) is 0 Å². The summed E-state index contributed by atoms with van der Waals surface area (Å²) in [7, 11) is 0. The van der Waals surface area contributed by atoms with Crippen molar-refractivity contribution >= 4 is 17.7 Å². The third-order valence-electron chi connectivity index (χ3n) is 7.35. The number of amides is 1. The Morgan fingerprint density at radius 3 is 1.83 bits per heavy atom. The molecule has 0 aromatic rings. The van der Waals surface area contributed by atoms with Crippen molar-refractivity contribution < 1.29 is 14.3 Å². The first-order chi connectivity index (χ1) is 17.3. The number of carbonyl (C=O) groups excluding carboxylic acids is 1. The van der Waals surface area contributed by atoms with Gasteiger partial charge >= 0.3 is 6.09 Å². The largest absolute Gasteiger partial charge is 0.449 e. The molecule has 0 aliphatic carbocycles. The minimum Gasteiger partial charge on any atom is -0.449 e. The molecule has 0 saturated carbocycles. The van der Waals surface area contributed by atoms with Gasteiger partial charge in [0.15, 0.2) is 0 Å². The number of halogens is 1. The fourth-order valence-electron chi connectivity index (χ4n) is 5.05. The molecule has 1 atom stereocenters. The summed E-state index contributed by atoms with van der Waals surface area (Å²) in [4.78, 5) is 14.5. The maximum Gasteiger partial charge on any atom is 0.410 e. The lowest BCUT2D eigenvalue weighted by Crippen LogP contribution is -2.44. The fourth-order valence-corrected chi connectivity index (χ4v) is 5.24. The number of hydrogen-bond donors (Lipinski definition) is 0. The quantitative estimate of drug-likeness (QED) is 0.0947. The van der Waals surface area contributed by atoms with E-state index in [2.05, 4.69) is 6.92 Å². The van der Waals surface area contributed by atoms with E-state index in [1.165, 1.54) is 103 Å². The standard InChI is InChI=1S/C30H58ClNO3/c1-2-3-4-5-6-7-8-9-10-11-12-13-14-15-16-20-27-35-30(33)32-25-19-17-22-29(32)23-28-34-26-21-18-24-31/h29H,2-28H2,1H3. The number of likely N-dealkylation sites (tertiary alicyclic amines) is 1. The lowest BCUT2D eigenvalue weighted by molar-refractivity contribution is 0.0538. The molecule has 0 bridgehead atoms. The highest BCUT2D eigenvalue weighted by molar-refractivity contribution is 6.17. The van der Waals surface area contributed by atoms with Gasteiger partial charge in [-0.3, -0.25) is 0 Å². The Kier molecular flexibility index (Phi) is 23.4. The van der Waals surface area contributed by atoms with Gasteiger partial charge in [-0.05, 0) is 44.9 Å². The number of alkyl halides is 1. The molecule has 1 fully saturated rings. The van der Waals surface area contributed by atoms with Crippen molar-refractivity contribution in [3.63, 3.8) is 0 Å². The van der Waals surface area contributed by atoms with Gasteiger partial charge in [-0.1, -0.05) is 103 Å². The molecule has 5 heteroatoms. The SMILES string of the molecule is CCCCCCCCCCCCCCCCCCOC(=O)N1CCCCC1CCOCCCCCl. The molecule has 35 heavy (non-hydrogen) atoms. The normalized spacial score (nSPS) is 16.1. The van der Waals surface area contributed by atoms with Gasteiger partial charge in [-0.2, -0.15) is 0 Å². The maximum absolute atomic E-state index is 12.6. The highest BCUT2D eigenvalue weighted by atomic mass is 35.5. The van der Waals surface area contributed by atoms with Crippen LogP contribution in [0.15, 0.2) is 0 Å². The van der Waals surface area contributed by atoms with E-state index >= 15 is 0 Å². The molecule has 4 nitrogen and oxygen atoms in total. The number of carbonyl (C=O) groups is 1. The highest BCUT2D eigenvalue weighted by Gasteiger charge is 2.27. The summed E-state index contributed by atoms with van der Waals surface area (Å²) in [6.07, 6.45) is 27.9. The predicted molar refractivity (Wildman–Crippen MR) is 151 cm³/mol.